The Morgan fingerprint density at radius 3 is 2.38 bits per heavy atom. The molecule has 0 saturated carbocycles. The summed E-state index contributed by atoms with van der Waals surface area (Å²) < 4.78 is 18.2. The van der Waals surface area contributed by atoms with E-state index in [9.17, 15) is 0 Å². The SMILES string of the molecule is C=I/C=C\C=C(/C)n1c2ccccc2c2cc(-n3c4c(c5c6c(cc(-c7ccc(-c8nc(CC9=CC=CCC9)nc(-c9ccccc9)n8)cc7)c53)C3C=CC=CC3O6)C=CCC4)ccc21. The van der Waals surface area contributed by atoms with Crippen molar-refractivity contribution in [3.63, 3.8) is 0 Å². The zero-order valence-electron chi connectivity index (χ0n) is 36.2. The highest BCUT2D eigenvalue weighted by Gasteiger charge is 2.37. The Hall–Kier alpha value is -6.97. The van der Waals surface area contributed by atoms with Crippen LogP contribution in [0.1, 0.15) is 54.7 Å². The summed E-state index contributed by atoms with van der Waals surface area (Å²) in [6.45, 7) is 2.20. The summed E-state index contributed by atoms with van der Waals surface area (Å²) in [5.41, 5.74) is 15.3. The molecule has 12 rings (SSSR count). The summed E-state index contributed by atoms with van der Waals surface area (Å²) in [5.74, 6) is 3.31. The van der Waals surface area contributed by atoms with Crippen LogP contribution in [0.5, 0.6) is 5.75 Å². The average Bonchev–Trinajstić information content (AvgIpc) is 4.02. The van der Waals surface area contributed by atoms with Gasteiger partial charge in [0.05, 0.1) is 21.9 Å². The number of benzene rings is 5. The van der Waals surface area contributed by atoms with E-state index in [0.717, 1.165) is 59.6 Å². The zero-order valence-corrected chi connectivity index (χ0v) is 38.3. The number of fused-ring (bicyclic) bond motifs is 10. The molecular formula is C58H46IN5O. The molecule has 0 N–H and O–H groups in total. The maximum atomic E-state index is 6.99. The quantitative estimate of drug-likeness (QED) is 0.107. The molecule has 4 aliphatic rings. The normalized spacial score (nSPS) is 17.6. The van der Waals surface area contributed by atoms with Crippen molar-refractivity contribution in [2.45, 2.75) is 51.0 Å². The molecule has 0 amide bonds. The number of halogens is 1. The molecule has 0 spiro atoms. The molecule has 0 saturated heterocycles. The lowest BCUT2D eigenvalue weighted by Gasteiger charge is -2.17. The lowest BCUT2D eigenvalue weighted by Crippen LogP contribution is -2.15. The molecule has 0 radical (unpaired) electrons. The summed E-state index contributed by atoms with van der Waals surface area (Å²) in [5, 5.41) is 3.66. The second-order valence-corrected chi connectivity index (χ2v) is 18.8. The molecule has 8 aromatic rings. The Labute approximate surface area is 388 Å². The predicted octanol–water partition coefficient (Wildman–Crippen LogP) is 14.5. The molecule has 0 fully saturated rings. The van der Waals surface area contributed by atoms with Crippen LogP contribution in [0, 0.1) is 0 Å². The number of para-hydroxylation sites is 1. The molecule has 5 aromatic carbocycles. The molecule has 65 heavy (non-hydrogen) atoms. The van der Waals surface area contributed by atoms with Crippen LogP contribution < -0.4 is 4.74 Å². The summed E-state index contributed by atoms with van der Waals surface area (Å²) in [7, 11) is 0. The second-order valence-electron chi connectivity index (χ2n) is 17.2. The van der Waals surface area contributed by atoms with Crippen molar-refractivity contribution in [1.82, 2.24) is 24.1 Å². The Balaban J connectivity index is 1.05. The van der Waals surface area contributed by atoms with Crippen LogP contribution in [0.15, 0.2) is 174 Å². The van der Waals surface area contributed by atoms with Crippen molar-refractivity contribution < 1.29 is 4.74 Å². The lowest BCUT2D eigenvalue weighted by atomic mass is 9.88. The number of aromatic nitrogens is 5. The van der Waals surface area contributed by atoms with Gasteiger partial charge >= 0.3 is 0 Å². The standard InChI is InChI=1S/C58H46IN5O/c1-37(16-15-33-59-2)63-49-24-12-9-21-43(49)47-35-42(31-32-51(47)63)64-50-25-13-10-23-45(50)54-55(64)46(36-48-44-22-11-14-26-52(44)65-56(48)54)39-27-29-41(30-28-39)58-61-53(34-38-17-5-3-6-18-38)60-57(62-58)40-19-7-4-8-20-40/h3-5,7-12,14-17,19-24,26-33,35-36,44,52H,2,6,13,18,25,34H2,1H3/b33-15-,37-16+. The summed E-state index contributed by atoms with van der Waals surface area (Å²) in [4.78, 5) is 15.2. The fourth-order valence-corrected chi connectivity index (χ4v) is 10.8. The molecule has 2 unspecified atom stereocenters. The van der Waals surface area contributed by atoms with Crippen LogP contribution in [-0.2, 0) is 12.8 Å². The largest absolute Gasteiger partial charge is 0.484 e. The number of rotatable bonds is 9. The molecule has 3 aromatic heterocycles. The van der Waals surface area contributed by atoms with Gasteiger partial charge < -0.3 is 13.9 Å². The summed E-state index contributed by atoms with van der Waals surface area (Å²) in [6.07, 6.45) is 29.0. The number of hydrogen-bond donors (Lipinski definition) is 0. The maximum absolute atomic E-state index is 6.99. The van der Waals surface area contributed by atoms with Gasteiger partial charge in [-0.3, -0.25) is 0 Å². The Morgan fingerprint density at radius 2 is 1.55 bits per heavy atom. The van der Waals surface area contributed by atoms with E-state index in [1.807, 2.05) is 18.2 Å². The predicted molar refractivity (Wildman–Crippen MR) is 279 cm³/mol. The number of ether oxygens (including phenoxy) is 1. The van der Waals surface area contributed by atoms with Crippen molar-refractivity contribution in [1.29, 1.82) is 0 Å². The van der Waals surface area contributed by atoms with Gasteiger partial charge in [0, 0.05) is 68.0 Å². The topological polar surface area (TPSA) is 57.8 Å². The third-order valence-corrected chi connectivity index (χ3v) is 14.2. The first-order valence-electron chi connectivity index (χ1n) is 22.5. The lowest BCUT2D eigenvalue weighted by molar-refractivity contribution is 0.271. The van der Waals surface area contributed by atoms with Crippen molar-refractivity contribution >= 4 is 69.7 Å². The molecule has 3 aliphatic carbocycles. The van der Waals surface area contributed by atoms with Gasteiger partial charge in [-0.25, -0.2) is 15.0 Å². The molecule has 4 heterocycles. The number of hydrogen-bond acceptors (Lipinski definition) is 4. The molecule has 316 valence electrons. The van der Waals surface area contributed by atoms with Crippen molar-refractivity contribution in [2.75, 3.05) is 0 Å². The van der Waals surface area contributed by atoms with Crippen LogP contribution in [0.25, 0.3) is 84.1 Å². The van der Waals surface area contributed by atoms with Gasteiger partial charge in [-0.05, 0) is 84.7 Å². The van der Waals surface area contributed by atoms with Crippen molar-refractivity contribution in [3.8, 4) is 45.3 Å². The molecule has 2 atom stereocenters. The van der Waals surface area contributed by atoms with Gasteiger partial charge in [0.2, 0.25) is 0 Å². The van der Waals surface area contributed by atoms with Gasteiger partial charge in [-0.1, -0.05) is 138 Å². The molecule has 7 heteroatoms. The maximum Gasteiger partial charge on any atom is 0.163 e. The number of allylic oxidation sites excluding steroid dienone is 10. The van der Waals surface area contributed by atoms with Gasteiger partial charge in [0.1, 0.15) is 17.7 Å². The van der Waals surface area contributed by atoms with E-state index in [4.69, 9.17) is 19.7 Å². The second kappa shape index (κ2) is 16.5. The highest BCUT2D eigenvalue weighted by molar-refractivity contribution is 14.2. The number of nitrogens with zero attached hydrogens (tertiary/aromatic N) is 5. The first-order valence-corrected chi connectivity index (χ1v) is 25.3. The first kappa shape index (κ1) is 39.6. The third kappa shape index (κ3) is 6.92. The third-order valence-electron chi connectivity index (χ3n) is 13.3. The minimum atomic E-state index is -0.171. The average molecular weight is 956 g/mol. The Morgan fingerprint density at radius 1 is 0.785 bits per heavy atom. The van der Waals surface area contributed by atoms with E-state index in [-0.39, 0.29) is 32.8 Å². The van der Waals surface area contributed by atoms with Crippen LogP contribution in [-0.4, -0.2) is 34.7 Å². The van der Waals surface area contributed by atoms with Crippen LogP contribution in [0.2, 0.25) is 0 Å². The van der Waals surface area contributed by atoms with Crippen molar-refractivity contribution in [3.05, 3.63) is 196 Å². The Bertz CT molecular complexity index is 3470. The van der Waals surface area contributed by atoms with Crippen LogP contribution >= 0.6 is 20.7 Å². The van der Waals surface area contributed by atoms with E-state index in [0.29, 0.717) is 18.1 Å². The van der Waals surface area contributed by atoms with Crippen LogP contribution in [0.4, 0.5) is 0 Å². The first-order chi connectivity index (χ1) is 32.1. The van der Waals surface area contributed by atoms with Crippen LogP contribution in [0.3, 0.4) is 0 Å². The monoisotopic (exact) mass is 955 g/mol. The van der Waals surface area contributed by atoms with Gasteiger partial charge in [-0.2, -0.15) is 0 Å². The molecule has 1 aliphatic heterocycles. The van der Waals surface area contributed by atoms with E-state index in [1.165, 1.54) is 66.4 Å². The highest BCUT2D eigenvalue weighted by atomic mass is 127. The Kier molecular flexibility index (Phi) is 10.1. The summed E-state index contributed by atoms with van der Waals surface area (Å²) >= 11 is -0.171. The van der Waals surface area contributed by atoms with Gasteiger partial charge in [0.25, 0.3) is 0 Å². The molecule has 6 nitrogen and oxygen atoms in total. The van der Waals surface area contributed by atoms with Gasteiger partial charge in [-0.15, -0.1) is 20.7 Å². The summed E-state index contributed by atoms with van der Waals surface area (Å²) in [6, 6.07) is 37.4. The van der Waals surface area contributed by atoms with E-state index in [2.05, 4.69) is 176 Å². The fraction of sp³-hybridized carbons (Fsp3) is 0.138. The molecular weight excluding hydrogens is 910 g/mol. The smallest absolute Gasteiger partial charge is 0.163 e. The molecule has 0 bridgehead atoms. The van der Waals surface area contributed by atoms with Crippen molar-refractivity contribution in [2.24, 2.45) is 0 Å². The van der Waals surface area contributed by atoms with E-state index < -0.39 is 0 Å². The van der Waals surface area contributed by atoms with Gasteiger partial charge in [0.15, 0.2) is 11.6 Å². The minimum Gasteiger partial charge on any atom is -0.484 e. The fourth-order valence-electron chi connectivity index (χ4n) is 10.3. The highest BCUT2D eigenvalue weighted by Crippen LogP contribution is 2.52. The van der Waals surface area contributed by atoms with E-state index in [1.54, 1.807) is 0 Å². The zero-order chi connectivity index (χ0) is 43.4. The minimum absolute atomic E-state index is 0.0382. The van der Waals surface area contributed by atoms with E-state index >= 15 is 0 Å².